The fourth-order valence-electron chi connectivity index (χ4n) is 2.86. The number of aromatic nitrogens is 2. The largest absolute Gasteiger partial charge is 0.331 e. The fraction of sp³-hybridized carbons (Fsp3) is 0.105. The van der Waals surface area contributed by atoms with E-state index in [2.05, 4.69) is 72.3 Å². The van der Waals surface area contributed by atoms with Gasteiger partial charge in [-0.25, -0.2) is 4.98 Å². The molecular formula is C19H16N2. The minimum Gasteiger partial charge on any atom is -0.331 e. The molecule has 0 aliphatic rings. The van der Waals surface area contributed by atoms with Crippen molar-refractivity contribution in [3.8, 4) is 0 Å². The van der Waals surface area contributed by atoms with Crippen LogP contribution in [-0.4, -0.2) is 9.55 Å². The van der Waals surface area contributed by atoms with Crippen LogP contribution in [0.5, 0.6) is 0 Å². The molecule has 0 amide bonds. The summed E-state index contributed by atoms with van der Waals surface area (Å²) < 4.78 is 2.20. The van der Waals surface area contributed by atoms with Crippen molar-refractivity contribution >= 4 is 21.8 Å². The molecule has 4 rings (SSSR count). The number of rotatable bonds is 2. The van der Waals surface area contributed by atoms with Crippen LogP contribution in [0.4, 0.5) is 0 Å². The molecule has 0 saturated carbocycles. The standard InChI is InChI=1S/C19H16N2/c1-21-18-13-16-10-6-5-9-15(16)12-17(18)20-19(21)11-14-7-3-2-4-8-14/h2-10,12-13H,11H2,1H3. The van der Waals surface area contributed by atoms with Gasteiger partial charge in [-0.2, -0.15) is 0 Å². The van der Waals surface area contributed by atoms with Gasteiger partial charge in [0.25, 0.3) is 0 Å². The lowest BCUT2D eigenvalue weighted by Crippen LogP contribution is -1.98. The summed E-state index contributed by atoms with van der Waals surface area (Å²) in [4.78, 5) is 4.82. The van der Waals surface area contributed by atoms with Gasteiger partial charge in [-0.05, 0) is 28.5 Å². The first-order valence-corrected chi connectivity index (χ1v) is 7.19. The molecule has 0 fully saturated rings. The topological polar surface area (TPSA) is 17.8 Å². The Morgan fingerprint density at radius 3 is 2.29 bits per heavy atom. The molecule has 0 spiro atoms. The van der Waals surface area contributed by atoms with Gasteiger partial charge >= 0.3 is 0 Å². The van der Waals surface area contributed by atoms with Gasteiger partial charge in [0.05, 0.1) is 11.0 Å². The molecule has 2 heteroatoms. The molecule has 0 aliphatic heterocycles. The zero-order valence-corrected chi connectivity index (χ0v) is 12.0. The highest BCUT2D eigenvalue weighted by molar-refractivity contribution is 5.95. The number of aryl methyl sites for hydroxylation is 1. The number of hydrogen-bond acceptors (Lipinski definition) is 1. The van der Waals surface area contributed by atoms with Crippen LogP contribution in [0.3, 0.4) is 0 Å². The lowest BCUT2D eigenvalue weighted by molar-refractivity contribution is 0.845. The van der Waals surface area contributed by atoms with Crippen LogP contribution in [-0.2, 0) is 13.5 Å². The van der Waals surface area contributed by atoms with Crippen molar-refractivity contribution in [1.29, 1.82) is 0 Å². The molecule has 4 aromatic rings. The average molecular weight is 272 g/mol. The molecule has 0 unspecified atom stereocenters. The predicted octanol–water partition coefficient (Wildman–Crippen LogP) is 4.32. The maximum Gasteiger partial charge on any atom is 0.114 e. The van der Waals surface area contributed by atoms with Crippen LogP contribution in [0.2, 0.25) is 0 Å². The molecule has 21 heavy (non-hydrogen) atoms. The third-order valence-corrected chi connectivity index (χ3v) is 4.05. The minimum atomic E-state index is 0.863. The Hall–Kier alpha value is -2.61. The van der Waals surface area contributed by atoms with Crippen LogP contribution in [0.25, 0.3) is 21.8 Å². The number of benzene rings is 3. The lowest BCUT2D eigenvalue weighted by Gasteiger charge is -2.03. The number of fused-ring (bicyclic) bond motifs is 2. The van der Waals surface area contributed by atoms with Crippen molar-refractivity contribution in [1.82, 2.24) is 9.55 Å². The van der Waals surface area contributed by atoms with E-state index in [9.17, 15) is 0 Å². The van der Waals surface area contributed by atoms with Crippen molar-refractivity contribution in [2.75, 3.05) is 0 Å². The highest BCUT2D eigenvalue weighted by Crippen LogP contribution is 2.23. The summed E-state index contributed by atoms with van der Waals surface area (Å²) >= 11 is 0. The molecule has 0 bridgehead atoms. The zero-order chi connectivity index (χ0) is 14.2. The van der Waals surface area contributed by atoms with E-state index in [1.165, 1.54) is 21.9 Å². The molecular weight excluding hydrogens is 256 g/mol. The third kappa shape index (κ3) is 2.09. The first kappa shape index (κ1) is 12.2. The van der Waals surface area contributed by atoms with Gasteiger partial charge in [0.2, 0.25) is 0 Å². The van der Waals surface area contributed by atoms with Gasteiger partial charge in [-0.3, -0.25) is 0 Å². The molecule has 1 aromatic heterocycles. The SMILES string of the molecule is Cn1c(Cc2ccccc2)nc2cc3ccccc3cc21. The summed E-state index contributed by atoms with van der Waals surface area (Å²) in [5.41, 5.74) is 3.56. The average Bonchev–Trinajstić information content (AvgIpc) is 2.82. The Labute approximate surface area is 123 Å². The molecule has 0 radical (unpaired) electrons. The minimum absolute atomic E-state index is 0.863. The van der Waals surface area contributed by atoms with E-state index in [0.29, 0.717) is 0 Å². The lowest BCUT2D eigenvalue weighted by atomic mass is 10.1. The zero-order valence-electron chi connectivity index (χ0n) is 12.0. The second-order valence-corrected chi connectivity index (χ2v) is 5.44. The quantitative estimate of drug-likeness (QED) is 0.531. The van der Waals surface area contributed by atoms with Gasteiger partial charge in [-0.15, -0.1) is 0 Å². The Bertz CT molecular complexity index is 920. The van der Waals surface area contributed by atoms with E-state index in [0.717, 1.165) is 17.8 Å². The van der Waals surface area contributed by atoms with E-state index >= 15 is 0 Å². The van der Waals surface area contributed by atoms with Crippen molar-refractivity contribution in [3.05, 3.63) is 78.1 Å². The van der Waals surface area contributed by atoms with Gasteiger partial charge in [-0.1, -0.05) is 54.6 Å². The molecule has 102 valence electrons. The molecule has 1 heterocycles. The summed E-state index contributed by atoms with van der Waals surface area (Å²) in [5.74, 6) is 1.10. The van der Waals surface area contributed by atoms with Gasteiger partial charge in [0.1, 0.15) is 5.82 Å². The smallest absolute Gasteiger partial charge is 0.114 e. The Balaban J connectivity index is 1.87. The summed E-state index contributed by atoms with van der Waals surface area (Å²) in [6.45, 7) is 0. The number of imidazole rings is 1. The summed E-state index contributed by atoms with van der Waals surface area (Å²) in [6.07, 6.45) is 0.863. The summed E-state index contributed by atoms with van der Waals surface area (Å²) in [5, 5.41) is 2.51. The Morgan fingerprint density at radius 1 is 0.857 bits per heavy atom. The highest BCUT2D eigenvalue weighted by Gasteiger charge is 2.09. The van der Waals surface area contributed by atoms with E-state index in [1.54, 1.807) is 0 Å². The fourth-order valence-corrected chi connectivity index (χ4v) is 2.86. The predicted molar refractivity (Wildman–Crippen MR) is 87.5 cm³/mol. The van der Waals surface area contributed by atoms with Crippen LogP contribution < -0.4 is 0 Å². The first-order valence-electron chi connectivity index (χ1n) is 7.19. The first-order chi connectivity index (χ1) is 10.3. The van der Waals surface area contributed by atoms with Crippen LogP contribution >= 0.6 is 0 Å². The number of hydrogen-bond donors (Lipinski definition) is 0. The Morgan fingerprint density at radius 2 is 1.52 bits per heavy atom. The van der Waals surface area contributed by atoms with Crippen molar-refractivity contribution in [2.24, 2.45) is 7.05 Å². The summed E-state index contributed by atoms with van der Waals surface area (Å²) in [6, 6.07) is 23.3. The van der Waals surface area contributed by atoms with Gasteiger partial charge < -0.3 is 4.57 Å². The normalized spacial score (nSPS) is 11.3. The van der Waals surface area contributed by atoms with Crippen LogP contribution in [0.15, 0.2) is 66.7 Å². The van der Waals surface area contributed by atoms with E-state index in [1.807, 2.05) is 6.07 Å². The second kappa shape index (κ2) is 4.74. The van der Waals surface area contributed by atoms with Gasteiger partial charge in [0.15, 0.2) is 0 Å². The highest BCUT2D eigenvalue weighted by atomic mass is 15.1. The molecule has 0 saturated heterocycles. The molecule has 3 aromatic carbocycles. The van der Waals surface area contributed by atoms with Crippen molar-refractivity contribution in [2.45, 2.75) is 6.42 Å². The van der Waals surface area contributed by atoms with Crippen molar-refractivity contribution < 1.29 is 0 Å². The monoisotopic (exact) mass is 272 g/mol. The van der Waals surface area contributed by atoms with Crippen molar-refractivity contribution in [3.63, 3.8) is 0 Å². The maximum absolute atomic E-state index is 4.82. The van der Waals surface area contributed by atoms with Crippen LogP contribution in [0.1, 0.15) is 11.4 Å². The van der Waals surface area contributed by atoms with E-state index < -0.39 is 0 Å². The van der Waals surface area contributed by atoms with E-state index in [-0.39, 0.29) is 0 Å². The number of nitrogens with zero attached hydrogens (tertiary/aromatic N) is 2. The Kier molecular flexibility index (Phi) is 2.74. The molecule has 0 aliphatic carbocycles. The summed E-state index contributed by atoms with van der Waals surface area (Å²) in [7, 11) is 2.10. The van der Waals surface area contributed by atoms with Crippen LogP contribution in [0, 0.1) is 0 Å². The molecule has 2 nitrogen and oxygen atoms in total. The van der Waals surface area contributed by atoms with E-state index in [4.69, 9.17) is 4.98 Å². The third-order valence-electron chi connectivity index (χ3n) is 4.05. The molecule has 0 N–H and O–H groups in total. The maximum atomic E-state index is 4.82. The second-order valence-electron chi connectivity index (χ2n) is 5.44. The molecule has 0 atom stereocenters. The van der Waals surface area contributed by atoms with Gasteiger partial charge in [0, 0.05) is 13.5 Å².